The molecule has 0 aromatic heterocycles. The molecule has 1 amide bonds. The lowest BCUT2D eigenvalue weighted by Gasteiger charge is -2.29. The molecule has 1 heterocycles. The summed E-state index contributed by atoms with van der Waals surface area (Å²) in [6.45, 7) is 4.81. The molecule has 1 aliphatic heterocycles. The molecule has 0 saturated carbocycles. The number of ether oxygens (including phenoxy) is 1. The molecule has 2 aromatic rings. The summed E-state index contributed by atoms with van der Waals surface area (Å²) in [7, 11) is -3.10. The smallest absolute Gasteiger partial charge is 0.258 e. The van der Waals surface area contributed by atoms with Crippen LogP contribution in [-0.4, -0.2) is 43.4 Å². The first-order chi connectivity index (χ1) is 13.4. The number of para-hydroxylation sites is 1. The van der Waals surface area contributed by atoms with Gasteiger partial charge >= 0.3 is 0 Å². The van der Waals surface area contributed by atoms with E-state index in [0.29, 0.717) is 30.9 Å². The van der Waals surface area contributed by atoms with Crippen LogP contribution in [0.25, 0.3) is 0 Å². The summed E-state index contributed by atoms with van der Waals surface area (Å²) in [6, 6.07) is 15.0. The second-order valence-electron chi connectivity index (χ2n) is 7.09. The predicted octanol–water partition coefficient (Wildman–Crippen LogP) is 3.48. The fraction of sp³-hybridized carbons (Fsp3) is 0.409. The number of sulfone groups is 1. The molecule has 0 spiro atoms. The Kier molecular flexibility index (Phi) is 6.39. The second kappa shape index (κ2) is 8.78. The van der Waals surface area contributed by atoms with Crippen molar-refractivity contribution in [2.24, 2.45) is 0 Å². The van der Waals surface area contributed by atoms with Gasteiger partial charge in [0.15, 0.2) is 9.84 Å². The fourth-order valence-electron chi connectivity index (χ4n) is 3.54. The normalized spacial score (nSPS) is 18.0. The molecule has 0 radical (unpaired) electrons. The van der Waals surface area contributed by atoms with Gasteiger partial charge in [0.25, 0.3) is 5.91 Å². The first-order valence-corrected chi connectivity index (χ1v) is 11.6. The maximum Gasteiger partial charge on any atom is 0.258 e. The van der Waals surface area contributed by atoms with E-state index in [1.807, 2.05) is 25.1 Å². The van der Waals surface area contributed by atoms with E-state index in [4.69, 9.17) is 4.74 Å². The van der Waals surface area contributed by atoms with Crippen molar-refractivity contribution in [2.45, 2.75) is 39.3 Å². The van der Waals surface area contributed by atoms with Crippen LogP contribution in [0, 0.1) is 0 Å². The molecule has 1 aliphatic rings. The van der Waals surface area contributed by atoms with Crippen molar-refractivity contribution in [1.29, 1.82) is 0 Å². The van der Waals surface area contributed by atoms with Crippen LogP contribution in [0.4, 0.5) is 0 Å². The highest BCUT2D eigenvalue weighted by molar-refractivity contribution is 7.91. The van der Waals surface area contributed by atoms with Crippen molar-refractivity contribution < 1.29 is 17.9 Å². The summed E-state index contributed by atoms with van der Waals surface area (Å²) in [6.07, 6.45) is 1.42. The van der Waals surface area contributed by atoms with Gasteiger partial charge in [-0.15, -0.1) is 0 Å². The lowest BCUT2D eigenvalue weighted by atomic mass is 10.1. The number of hydrogen-bond acceptors (Lipinski definition) is 4. The van der Waals surface area contributed by atoms with E-state index in [1.54, 1.807) is 23.1 Å². The lowest BCUT2D eigenvalue weighted by molar-refractivity contribution is 0.0676. The molecule has 0 N–H and O–H groups in total. The topological polar surface area (TPSA) is 63.7 Å². The largest absolute Gasteiger partial charge is 0.493 e. The first-order valence-electron chi connectivity index (χ1n) is 9.74. The van der Waals surface area contributed by atoms with E-state index < -0.39 is 9.84 Å². The zero-order chi connectivity index (χ0) is 20.1. The van der Waals surface area contributed by atoms with E-state index in [-0.39, 0.29) is 23.5 Å². The highest BCUT2D eigenvalue weighted by Crippen LogP contribution is 2.26. The zero-order valence-corrected chi connectivity index (χ0v) is 17.2. The fourth-order valence-corrected chi connectivity index (χ4v) is 5.28. The van der Waals surface area contributed by atoms with E-state index in [9.17, 15) is 13.2 Å². The Labute approximate surface area is 167 Å². The number of carbonyl (C=O) groups is 1. The van der Waals surface area contributed by atoms with Crippen molar-refractivity contribution >= 4 is 15.7 Å². The van der Waals surface area contributed by atoms with Gasteiger partial charge in [-0.2, -0.15) is 0 Å². The monoisotopic (exact) mass is 401 g/mol. The molecular weight excluding hydrogens is 374 g/mol. The molecular formula is C22H27NO4S. The maximum atomic E-state index is 13.4. The summed E-state index contributed by atoms with van der Waals surface area (Å²) in [5.74, 6) is 0.485. The standard InChI is InChI=1S/C22H27NO4S/c1-3-17-9-11-18(12-10-17)15-23(19-13-14-28(25,26)16-19)22(24)20-7-5-6-8-21(20)27-4-2/h5-12,19H,3-4,13-16H2,1-2H3/t19-/m1/s1. The third-order valence-electron chi connectivity index (χ3n) is 5.11. The van der Waals surface area contributed by atoms with Gasteiger partial charge in [-0.05, 0) is 43.0 Å². The number of amides is 1. The number of nitrogens with zero attached hydrogens (tertiary/aromatic N) is 1. The van der Waals surface area contributed by atoms with Gasteiger partial charge in [0.2, 0.25) is 0 Å². The molecule has 0 bridgehead atoms. The van der Waals surface area contributed by atoms with Crippen LogP contribution in [0.3, 0.4) is 0 Å². The summed E-state index contributed by atoms with van der Waals surface area (Å²) in [5, 5.41) is 0. The summed E-state index contributed by atoms with van der Waals surface area (Å²) in [4.78, 5) is 15.1. The number of rotatable bonds is 7. The minimum Gasteiger partial charge on any atom is -0.493 e. The van der Waals surface area contributed by atoms with Crippen LogP contribution in [0.5, 0.6) is 5.75 Å². The Morgan fingerprint density at radius 1 is 1.07 bits per heavy atom. The zero-order valence-electron chi connectivity index (χ0n) is 16.4. The summed E-state index contributed by atoms with van der Waals surface area (Å²) < 4.78 is 29.7. The molecule has 150 valence electrons. The lowest BCUT2D eigenvalue weighted by Crippen LogP contribution is -2.40. The Hall–Kier alpha value is -2.34. The van der Waals surface area contributed by atoms with Crippen LogP contribution in [0.2, 0.25) is 0 Å². The minimum absolute atomic E-state index is 0.0165. The highest BCUT2D eigenvalue weighted by atomic mass is 32.2. The SMILES string of the molecule is CCOc1ccccc1C(=O)N(Cc1ccc(CC)cc1)[C@@H]1CCS(=O)(=O)C1. The highest BCUT2D eigenvalue weighted by Gasteiger charge is 2.35. The molecule has 1 atom stereocenters. The number of hydrogen-bond donors (Lipinski definition) is 0. The van der Waals surface area contributed by atoms with Crippen LogP contribution in [-0.2, 0) is 22.8 Å². The van der Waals surface area contributed by atoms with Crippen LogP contribution >= 0.6 is 0 Å². The summed E-state index contributed by atoms with van der Waals surface area (Å²) in [5.41, 5.74) is 2.69. The third-order valence-corrected chi connectivity index (χ3v) is 6.86. The van der Waals surface area contributed by atoms with E-state index >= 15 is 0 Å². The number of benzene rings is 2. The van der Waals surface area contributed by atoms with Gasteiger partial charge in [-0.1, -0.05) is 43.3 Å². The average Bonchev–Trinajstić information content (AvgIpc) is 3.06. The third kappa shape index (κ3) is 4.73. The van der Waals surface area contributed by atoms with Crippen LogP contribution in [0.15, 0.2) is 48.5 Å². The quantitative estimate of drug-likeness (QED) is 0.713. The summed E-state index contributed by atoms with van der Waals surface area (Å²) >= 11 is 0. The molecule has 3 rings (SSSR count). The van der Waals surface area contributed by atoms with Crippen LogP contribution in [0.1, 0.15) is 41.8 Å². The maximum absolute atomic E-state index is 13.4. The second-order valence-corrected chi connectivity index (χ2v) is 9.32. The van der Waals surface area contributed by atoms with Crippen LogP contribution < -0.4 is 4.74 Å². The van der Waals surface area contributed by atoms with Gasteiger partial charge in [0.05, 0.1) is 23.7 Å². The molecule has 1 fully saturated rings. The molecule has 0 unspecified atom stereocenters. The van der Waals surface area contributed by atoms with Crippen molar-refractivity contribution in [2.75, 3.05) is 18.1 Å². The first kappa shape index (κ1) is 20.4. The Morgan fingerprint density at radius 2 is 1.75 bits per heavy atom. The number of aryl methyl sites for hydroxylation is 1. The molecule has 5 nitrogen and oxygen atoms in total. The molecule has 28 heavy (non-hydrogen) atoms. The Bertz CT molecular complexity index is 922. The molecule has 0 aliphatic carbocycles. The van der Waals surface area contributed by atoms with Gasteiger partial charge in [0, 0.05) is 12.6 Å². The predicted molar refractivity (Wildman–Crippen MR) is 110 cm³/mol. The Balaban J connectivity index is 1.92. The Morgan fingerprint density at radius 3 is 2.36 bits per heavy atom. The van der Waals surface area contributed by atoms with Gasteiger partial charge in [-0.25, -0.2) is 8.42 Å². The molecule has 1 saturated heterocycles. The van der Waals surface area contributed by atoms with E-state index in [2.05, 4.69) is 19.1 Å². The van der Waals surface area contributed by atoms with Gasteiger partial charge in [0.1, 0.15) is 5.75 Å². The van der Waals surface area contributed by atoms with Crippen molar-refractivity contribution in [1.82, 2.24) is 4.90 Å². The van der Waals surface area contributed by atoms with Crippen molar-refractivity contribution in [3.05, 3.63) is 65.2 Å². The molecule has 6 heteroatoms. The van der Waals surface area contributed by atoms with E-state index in [0.717, 1.165) is 12.0 Å². The number of carbonyl (C=O) groups excluding carboxylic acids is 1. The van der Waals surface area contributed by atoms with Gasteiger partial charge in [-0.3, -0.25) is 4.79 Å². The van der Waals surface area contributed by atoms with Gasteiger partial charge < -0.3 is 9.64 Å². The van der Waals surface area contributed by atoms with Crippen molar-refractivity contribution in [3.8, 4) is 5.75 Å². The van der Waals surface area contributed by atoms with E-state index in [1.165, 1.54) is 5.56 Å². The van der Waals surface area contributed by atoms with Crippen molar-refractivity contribution in [3.63, 3.8) is 0 Å². The minimum atomic E-state index is -3.10. The average molecular weight is 402 g/mol. The molecule has 2 aromatic carbocycles.